The average molecular weight is 194 g/mol. The van der Waals surface area contributed by atoms with Crippen molar-refractivity contribution in [3.8, 4) is 12.3 Å². The zero-order chi connectivity index (χ0) is 10.6. The van der Waals surface area contributed by atoms with Crippen molar-refractivity contribution in [1.82, 2.24) is 10.2 Å². The van der Waals surface area contributed by atoms with Gasteiger partial charge in [-0.1, -0.05) is 12.8 Å². The predicted octanol–water partition coefficient (Wildman–Crippen LogP) is -0.253. The maximum Gasteiger partial charge on any atom is 0.242 e. The molecule has 1 atom stereocenters. The number of amides is 2. The van der Waals surface area contributed by atoms with E-state index in [1.807, 2.05) is 6.92 Å². The average Bonchev–Trinajstić information content (AvgIpc) is 2.17. The van der Waals surface area contributed by atoms with Crippen molar-refractivity contribution in [2.45, 2.75) is 25.8 Å². The van der Waals surface area contributed by atoms with Crippen LogP contribution in [-0.2, 0) is 9.59 Å². The number of hydrogen-bond donors (Lipinski definition) is 1. The Bertz CT molecular complexity index is 280. The number of piperazine rings is 1. The third-order valence-electron chi connectivity index (χ3n) is 2.29. The van der Waals surface area contributed by atoms with Gasteiger partial charge in [0.15, 0.2) is 0 Å². The molecule has 1 N–H and O–H groups in total. The van der Waals surface area contributed by atoms with Gasteiger partial charge in [-0.05, 0) is 6.42 Å². The number of nitrogens with zero attached hydrogens (tertiary/aromatic N) is 1. The lowest BCUT2D eigenvalue weighted by Gasteiger charge is -2.34. The molecule has 1 aliphatic heterocycles. The van der Waals surface area contributed by atoms with Crippen LogP contribution < -0.4 is 5.32 Å². The van der Waals surface area contributed by atoms with Gasteiger partial charge in [-0.25, -0.2) is 0 Å². The molecule has 1 aliphatic rings. The molecular weight excluding hydrogens is 180 g/mol. The standard InChI is InChI=1S/C10H14N2O2/c1-3-5-9(13)12-7-6-11-10(14)8(12)4-2/h1,8H,4-7H2,2H3,(H,11,14). The molecule has 0 radical (unpaired) electrons. The molecular formula is C10H14N2O2. The second-order valence-corrected chi connectivity index (χ2v) is 3.18. The molecule has 0 aromatic heterocycles. The first-order valence-corrected chi connectivity index (χ1v) is 4.71. The van der Waals surface area contributed by atoms with E-state index in [4.69, 9.17) is 6.42 Å². The number of nitrogens with one attached hydrogen (secondary N) is 1. The summed E-state index contributed by atoms with van der Waals surface area (Å²) < 4.78 is 0. The van der Waals surface area contributed by atoms with Crippen LogP contribution in [0.3, 0.4) is 0 Å². The number of hydrogen-bond acceptors (Lipinski definition) is 2. The van der Waals surface area contributed by atoms with Crippen LogP contribution in [0, 0.1) is 12.3 Å². The van der Waals surface area contributed by atoms with Gasteiger partial charge in [0.05, 0.1) is 6.42 Å². The fraction of sp³-hybridized carbons (Fsp3) is 0.600. The largest absolute Gasteiger partial charge is 0.353 e. The van der Waals surface area contributed by atoms with Crippen molar-refractivity contribution < 1.29 is 9.59 Å². The molecule has 0 aromatic carbocycles. The Balaban J connectivity index is 2.70. The van der Waals surface area contributed by atoms with E-state index < -0.39 is 0 Å². The minimum atomic E-state index is -0.343. The highest BCUT2D eigenvalue weighted by atomic mass is 16.2. The molecule has 0 aromatic rings. The number of carbonyl (C=O) groups is 2. The molecule has 14 heavy (non-hydrogen) atoms. The van der Waals surface area contributed by atoms with Crippen molar-refractivity contribution in [2.24, 2.45) is 0 Å². The van der Waals surface area contributed by atoms with Crippen LogP contribution in [0.2, 0.25) is 0 Å². The maximum atomic E-state index is 11.5. The van der Waals surface area contributed by atoms with Gasteiger partial charge in [0.1, 0.15) is 6.04 Å². The summed E-state index contributed by atoms with van der Waals surface area (Å²) in [6.45, 7) is 2.96. The van der Waals surface area contributed by atoms with Crippen LogP contribution in [0.25, 0.3) is 0 Å². The quantitative estimate of drug-likeness (QED) is 0.616. The van der Waals surface area contributed by atoms with Crippen molar-refractivity contribution in [2.75, 3.05) is 13.1 Å². The molecule has 2 amide bonds. The molecule has 1 heterocycles. The number of carbonyl (C=O) groups excluding carboxylic acids is 2. The summed E-state index contributed by atoms with van der Waals surface area (Å²) in [6.07, 6.45) is 5.76. The summed E-state index contributed by atoms with van der Waals surface area (Å²) >= 11 is 0. The first-order chi connectivity index (χ1) is 6.70. The summed E-state index contributed by atoms with van der Waals surface area (Å²) in [5, 5.41) is 2.73. The smallest absolute Gasteiger partial charge is 0.242 e. The van der Waals surface area contributed by atoms with Crippen molar-refractivity contribution in [1.29, 1.82) is 0 Å². The predicted molar refractivity (Wildman–Crippen MR) is 52.3 cm³/mol. The Hall–Kier alpha value is -1.50. The lowest BCUT2D eigenvalue weighted by molar-refractivity contribution is -0.142. The highest BCUT2D eigenvalue weighted by Gasteiger charge is 2.30. The van der Waals surface area contributed by atoms with Gasteiger partial charge in [-0.3, -0.25) is 9.59 Å². The van der Waals surface area contributed by atoms with E-state index in [0.29, 0.717) is 19.5 Å². The Kier molecular flexibility index (Phi) is 3.52. The fourth-order valence-corrected chi connectivity index (χ4v) is 1.61. The molecule has 4 heteroatoms. The van der Waals surface area contributed by atoms with Gasteiger partial charge in [-0.15, -0.1) is 6.42 Å². The normalized spacial score (nSPS) is 21.3. The van der Waals surface area contributed by atoms with Crippen molar-refractivity contribution >= 4 is 11.8 Å². The van der Waals surface area contributed by atoms with E-state index >= 15 is 0 Å². The fourth-order valence-electron chi connectivity index (χ4n) is 1.61. The van der Waals surface area contributed by atoms with E-state index in [0.717, 1.165) is 0 Å². The van der Waals surface area contributed by atoms with Crippen molar-refractivity contribution in [3.05, 3.63) is 0 Å². The zero-order valence-corrected chi connectivity index (χ0v) is 8.25. The molecule has 1 unspecified atom stereocenters. The van der Waals surface area contributed by atoms with E-state index in [9.17, 15) is 9.59 Å². The molecule has 0 spiro atoms. The topological polar surface area (TPSA) is 49.4 Å². The van der Waals surface area contributed by atoms with Crippen LogP contribution in [0.15, 0.2) is 0 Å². The van der Waals surface area contributed by atoms with Crippen molar-refractivity contribution in [3.63, 3.8) is 0 Å². The Labute approximate surface area is 83.6 Å². The molecule has 76 valence electrons. The van der Waals surface area contributed by atoms with Gasteiger partial charge in [-0.2, -0.15) is 0 Å². The summed E-state index contributed by atoms with van der Waals surface area (Å²) in [4.78, 5) is 24.5. The lowest BCUT2D eigenvalue weighted by atomic mass is 10.1. The number of rotatable bonds is 2. The van der Waals surface area contributed by atoms with Gasteiger partial charge in [0, 0.05) is 13.1 Å². The third-order valence-corrected chi connectivity index (χ3v) is 2.29. The van der Waals surface area contributed by atoms with E-state index in [1.165, 1.54) is 0 Å². The van der Waals surface area contributed by atoms with Gasteiger partial charge < -0.3 is 10.2 Å². The van der Waals surface area contributed by atoms with Gasteiger partial charge >= 0.3 is 0 Å². The van der Waals surface area contributed by atoms with Crippen LogP contribution in [0.5, 0.6) is 0 Å². The minimum Gasteiger partial charge on any atom is -0.353 e. The molecule has 0 aliphatic carbocycles. The first-order valence-electron chi connectivity index (χ1n) is 4.71. The first kappa shape index (κ1) is 10.6. The van der Waals surface area contributed by atoms with Crippen LogP contribution in [-0.4, -0.2) is 35.8 Å². The highest BCUT2D eigenvalue weighted by Crippen LogP contribution is 2.09. The Morgan fingerprint density at radius 2 is 2.50 bits per heavy atom. The molecule has 1 fully saturated rings. The van der Waals surface area contributed by atoms with Gasteiger partial charge in [0.2, 0.25) is 11.8 Å². The SMILES string of the molecule is C#CCC(=O)N1CCNC(=O)C1CC. The molecule has 1 saturated heterocycles. The second kappa shape index (κ2) is 4.66. The highest BCUT2D eigenvalue weighted by molar-refractivity contribution is 5.89. The molecule has 0 bridgehead atoms. The number of terminal acetylenes is 1. The summed E-state index contributed by atoms with van der Waals surface area (Å²) in [7, 11) is 0. The Morgan fingerprint density at radius 3 is 3.07 bits per heavy atom. The van der Waals surface area contributed by atoms with E-state index in [2.05, 4.69) is 11.2 Å². The maximum absolute atomic E-state index is 11.5. The zero-order valence-electron chi connectivity index (χ0n) is 8.25. The summed E-state index contributed by atoms with van der Waals surface area (Å²) in [5.74, 6) is 2.09. The van der Waals surface area contributed by atoms with Crippen LogP contribution in [0.1, 0.15) is 19.8 Å². The second-order valence-electron chi connectivity index (χ2n) is 3.18. The molecule has 4 nitrogen and oxygen atoms in total. The van der Waals surface area contributed by atoms with Gasteiger partial charge in [0.25, 0.3) is 0 Å². The minimum absolute atomic E-state index is 0.0732. The third kappa shape index (κ3) is 2.05. The molecule has 1 rings (SSSR count). The summed E-state index contributed by atoms with van der Waals surface area (Å²) in [5.41, 5.74) is 0. The summed E-state index contributed by atoms with van der Waals surface area (Å²) in [6, 6.07) is -0.343. The monoisotopic (exact) mass is 194 g/mol. The molecule has 0 saturated carbocycles. The van der Waals surface area contributed by atoms with Crippen LogP contribution in [0.4, 0.5) is 0 Å². The Morgan fingerprint density at radius 1 is 1.79 bits per heavy atom. The van der Waals surface area contributed by atoms with E-state index in [-0.39, 0.29) is 24.3 Å². The van der Waals surface area contributed by atoms with E-state index in [1.54, 1.807) is 4.90 Å². The lowest BCUT2D eigenvalue weighted by Crippen LogP contribution is -2.56. The van der Waals surface area contributed by atoms with Crippen LogP contribution >= 0.6 is 0 Å².